The molecule has 0 saturated carbocycles. The average Bonchev–Trinajstić information content (AvgIpc) is 2.62. The Morgan fingerprint density at radius 2 is 1.84 bits per heavy atom. The average molecular weight is 340 g/mol. The van der Waals surface area contributed by atoms with Crippen LogP contribution in [0.2, 0.25) is 0 Å². The smallest absolute Gasteiger partial charge is 0.251 e. The number of ether oxygens (including phenoxy) is 1. The number of nitrogens with zero attached hydrogens (tertiary/aromatic N) is 1. The van der Waals surface area contributed by atoms with Crippen molar-refractivity contribution in [2.24, 2.45) is 0 Å². The van der Waals surface area contributed by atoms with Gasteiger partial charge >= 0.3 is 0 Å². The number of hydrogen-bond acceptors (Lipinski definition) is 3. The number of carbonyl (C=O) groups excluding carboxylic acids is 1. The van der Waals surface area contributed by atoms with Gasteiger partial charge in [-0.25, -0.2) is 0 Å². The molecule has 1 amide bonds. The third kappa shape index (κ3) is 5.41. The van der Waals surface area contributed by atoms with Gasteiger partial charge in [0, 0.05) is 19.2 Å². The molecule has 0 fully saturated rings. The highest BCUT2D eigenvalue weighted by molar-refractivity contribution is 5.94. The van der Waals surface area contributed by atoms with E-state index in [0.29, 0.717) is 18.7 Å². The predicted octanol–water partition coefficient (Wildman–Crippen LogP) is 3.43. The molecule has 0 saturated heterocycles. The molecule has 0 aliphatic heterocycles. The molecule has 1 unspecified atom stereocenters. The van der Waals surface area contributed by atoms with Gasteiger partial charge in [-0.3, -0.25) is 4.79 Å². The number of benzene rings is 2. The number of rotatable bonds is 8. The van der Waals surface area contributed by atoms with Crippen LogP contribution in [-0.4, -0.2) is 38.6 Å². The van der Waals surface area contributed by atoms with Crippen LogP contribution in [0.3, 0.4) is 0 Å². The maximum absolute atomic E-state index is 12.5. The van der Waals surface area contributed by atoms with E-state index in [1.165, 1.54) is 11.1 Å². The van der Waals surface area contributed by atoms with E-state index in [4.69, 9.17) is 4.74 Å². The van der Waals surface area contributed by atoms with E-state index in [9.17, 15) is 4.79 Å². The predicted molar refractivity (Wildman–Crippen MR) is 102 cm³/mol. The first-order valence-corrected chi connectivity index (χ1v) is 8.66. The SMILES string of the molecule is CCc1ccc(C(CNC(=O)c2cccc(COC)c2)N(C)C)cc1. The van der Waals surface area contributed by atoms with Gasteiger partial charge in [0.2, 0.25) is 0 Å². The summed E-state index contributed by atoms with van der Waals surface area (Å²) in [7, 11) is 5.71. The van der Waals surface area contributed by atoms with Gasteiger partial charge in [0.05, 0.1) is 12.6 Å². The van der Waals surface area contributed by atoms with E-state index in [-0.39, 0.29) is 11.9 Å². The van der Waals surface area contributed by atoms with Crippen molar-refractivity contribution < 1.29 is 9.53 Å². The van der Waals surface area contributed by atoms with E-state index in [0.717, 1.165) is 12.0 Å². The lowest BCUT2D eigenvalue weighted by molar-refractivity contribution is 0.0941. The van der Waals surface area contributed by atoms with Crippen molar-refractivity contribution in [2.45, 2.75) is 26.0 Å². The Hall–Kier alpha value is -2.17. The summed E-state index contributed by atoms with van der Waals surface area (Å²) in [6, 6.07) is 16.3. The minimum Gasteiger partial charge on any atom is -0.380 e. The Labute approximate surface area is 150 Å². The lowest BCUT2D eigenvalue weighted by Gasteiger charge is -2.25. The first kappa shape index (κ1) is 19.2. The van der Waals surface area contributed by atoms with E-state index >= 15 is 0 Å². The van der Waals surface area contributed by atoms with Crippen molar-refractivity contribution in [1.82, 2.24) is 10.2 Å². The van der Waals surface area contributed by atoms with Crippen molar-refractivity contribution in [1.29, 1.82) is 0 Å². The number of likely N-dealkylation sites (N-methyl/N-ethyl adjacent to an activating group) is 1. The summed E-state index contributed by atoms with van der Waals surface area (Å²) in [5.41, 5.74) is 4.18. The largest absolute Gasteiger partial charge is 0.380 e. The van der Waals surface area contributed by atoms with Gasteiger partial charge in [-0.05, 0) is 49.3 Å². The summed E-state index contributed by atoms with van der Waals surface area (Å²) < 4.78 is 5.13. The third-order valence-corrected chi connectivity index (χ3v) is 4.35. The molecule has 0 heterocycles. The van der Waals surface area contributed by atoms with Gasteiger partial charge in [-0.2, -0.15) is 0 Å². The van der Waals surface area contributed by atoms with E-state index in [1.807, 2.05) is 38.4 Å². The Morgan fingerprint density at radius 3 is 2.44 bits per heavy atom. The quantitative estimate of drug-likeness (QED) is 0.800. The Kier molecular flexibility index (Phi) is 7.16. The molecule has 0 spiro atoms. The maximum atomic E-state index is 12.5. The van der Waals surface area contributed by atoms with E-state index < -0.39 is 0 Å². The molecule has 0 radical (unpaired) electrons. The van der Waals surface area contributed by atoms with Crippen LogP contribution in [0, 0.1) is 0 Å². The van der Waals surface area contributed by atoms with E-state index in [2.05, 4.69) is 41.4 Å². The molecule has 1 atom stereocenters. The first-order valence-electron chi connectivity index (χ1n) is 8.66. The molecular weight excluding hydrogens is 312 g/mol. The maximum Gasteiger partial charge on any atom is 0.251 e. The summed E-state index contributed by atoms with van der Waals surface area (Å²) in [4.78, 5) is 14.6. The second-order valence-electron chi connectivity index (χ2n) is 6.42. The fourth-order valence-corrected chi connectivity index (χ4v) is 2.83. The number of hydrogen-bond donors (Lipinski definition) is 1. The van der Waals surface area contributed by atoms with Crippen molar-refractivity contribution in [3.63, 3.8) is 0 Å². The lowest BCUT2D eigenvalue weighted by Crippen LogP contribution is -2.34. The second kappa shape index (κ2) is 9.35. The van der Waals surface area contributed by atoms with Crippen molar-refractivity contribution in [3.8, 4) is 0 Å². The van der Waals surface area contributed by atoms with Gasteiger partial charge < -0.3 is 15.0 Å². The third-order valence-electron chi connectivity index (χ3n) is 4.35. The van der Waals surface area contributed by atoms with Crippen LogP contribution in [0.1, 0.15) is 40.0 Å². The highest BCUT2D eigenvalue weighted by Crippen LogP contribution is 2.18. The van der Waals surface area contributed by atoms with Crippen LogP contribution in [0.5, 0.6) is 0 Å². The summed E-state index contributed by atoms with van der Waals surface area (Å²) in [5, 5.41) is 3.06. The zero-order valence-corrected chi connectivity index (χ0v) is 15.6. The van der Waals surface area contributed by atoms with Crippen LogP contribution >= 0.6 is 0 Å². The van der Waals surface area contributed by atoms with Crippen LogP contribution in [0.15, 0.2) is 48.5 Å². The molecule has 4 nitrogen and oxygen atoms in total. The normalized spacial score (nSPS) is 12.2. The number of nitrogens with one attached hydrogen (secondary N) is 1. The molecule has 2 rings (SSSR count). The number of carbonyl (C=O) groups is 1. The molecular formula is C21H28N2O2. The zero-order chi connectivity index (χ0) is 18.2. The topological polar surface area (TPSA) is 41.6 Å². The van der Waals surface area contributed by atoms with Gasteiger partial charge in [0.1, 0.15) is 0 Å². The molecule has 0 aromatic heterocycles. The van der Waals surface area contributed by atoms with Crippen LogP contribution < -0.4 is 5.32 Å². The Balaban J connectivity index is 2.05. The monoisotopic (exact) mass is 340 g/mol. The number of amides is 1. The fraction of sp³-hybridized carbons (Fsp3) is 0.381. The molecule has 25 heavy (non-hydrogen) atoms. The molecule has 0 aliphatic carbocycles. The Bertz CT molecular complexity index is 681. The highest BCUT2D eigenvalue weighted by Gasteiger charge is 2.16. The van der Waals surface area contributed by atoms with Crippen LogP contribution in [0.25, 0.3) is 0 Å². The molecule has 0 bridgehead atoms. The molecule has 134 valence electrons. The first-order chi connectivity index (χ1) is 12.0. The standard InChI is InChI=1S/C21H28N2O2/c1-5-16-9-11-18(12-10-16)20(23(2)3)14-22-21(24)19-8-6-7-17(13-19)15-25-4/h6-13,20H,5,14-15H2,1-4H3,(H,22,24). The minimum atomic E-state index is -0.0602. The van der Waals surface area contributed by atoms with Gasteiger partial charge in [0.15, 0.2) is 0 Å². The molecule has 1 N–H and O–H groups in total. The van der Waals surface area contributed by atoms with E-state index in [1.54, 1.807) is 7.11 Å². The summed E-state index contributed by atoms with van der Waals surface area (Å²) in [6.45, 7) is 3.22. The summed E-state index contributed by atoms with van der Waals surface area (Å²) >= 11 is 0. The Morgan fingerprint density at radius 1 is 1.12 bits per heavy atom. The van der Waals surface area contributed by atoms with Crippen LogP contribution in [0.4, 0.5) is 0 Å². The van der Waals surface area contributed by atoms with Crippen molar-refractivity contribution in [3.05, 3.63) is 70.8 Å². The lowest BCUT2D eigenvalue weighted by atomic mass is 10.0. The second-order valence-corrected chi connectivity index (χ2v) is 6.42. The zero-order valence-electron chi connectivity index (χ0n) is 15.6. The molecule has 2 aromatic rings. The number of aryl methyl sites for hydroxylation is 1. The van der Waals surface area contributed by atoms with Crippen LogP contribution in [-0.2, 0) is 17.8 Å². The number of methoxy groups -OCH3 is 1. The van der Waals surface area contributed by atoms with Gasteiger partial charge in [0.25, 0.3) is 5.91 Å². The van der Waals surface area contributed by atoms with Crippen molar-refractivity contribution >= 4 is 5.91 Å². The van der Waals surface area contributed by atoms with Crippen molar-refractivity contribution in [2.75, 3.05) is 27.7 Å². The highest BCUT2D eigenvalue weighted by atomic mass is 16.5. The van der Waals surface area contributed by atoms with Gasteiger partial charge in [-0.1, -0.05) is 43.3 Å². The molecule has 0 aliphatic rings. The van der Waals surface area contributed by atoms with Gasteiger partial charge in [-0.15, -0.1) is 0 Å². The fourth-order valence-electron chi connectivity index (χ4n) is 2.83. The summed E-state index contributed by atoms with van der Waals surface area (Å²) in [6.07, 6.45) is 1.03. The molecule has 2 aromatic carbocycles. The molecule has 4 heteroatoms. The summed E-state index contributed by atoms with van der Waals surface area (Å²) in [5.74, 6) is -0.0602. The minimum absolute atomic E-state index is 0.0602.